The zero-order valence-electron chi connectivity index (χ0n) is 7.99. The van der Waals surface area contributed by atoms with Crippen LogP contribution in [-0.4, -0.2) is 5.91 Å². The zero-order chi connectivity index (χ0) is 11.9. The number of benzene rings is 1. The first-order chi connectivity index (χ1) is 7.50. The standard InChI is InChI=1S/C10H7IN2O3/c11-4-1-2-6-5(3-4)8(14)7(9(12)15)10(13)16-6/h1-3H,13H2,(H2,12,15). The first kappa shape index (κ1) is 10.9. The third-order valence-electron chi connectivity index (χ3n) is 2.13. The van der Waals surface area contributed by atoms with Crippen LogP contribution in [0.5, 0.6) is 0 Å². The van der Waals surface area contributed by atoms with Crippen LogP contribution >= 0.6 is 22.6 Å². The van der Waals surface area contributed by atoms with Gasteiger partial charge in [-0.15, -0.1) is 0 Å². The van der Waals surface area contributed by atoms with Crippen molar-refractivity contribution in [2.24, 2.45) is 5.73 Å². The SMILES string of the molecule is NC(=O)c1c(N)oc2ccc(I)cc2c1=O. The van der Waals surface area contributed by atoms with E-state index in [4.69, 9.17) is 15.9 Å². The van der Waals surface area contributed by atoms with Crippen LogP contribution in [0.25, 0.3) is 11.0 Å². The molecule has 0 radical (unpaired) electrons. The lowest BCUT2D eigenvalue weighted by atomic mass is 10.1. The quantitative estimate of drug-likeness (QED) is 0.764. The molecule has 0 atom stereocenters. The monoisotopic (exact) mass is 330 g/mol. The van der Waals surface area contributed by atoms with Crippen LogP contribution in [0.15, 0.2) is 27.4 Å². The summed E-state index contributed by atoms with van der Waals surface area (Å²) in [6.45, 7) is 0. The van der Waals surface area contributed by atoms with Gasteiger partial charge in [0.05, 0.1) is 5.39 Å². The van der Waals surface area contributed by atoms with Crippen LogP contribution in [-0.2, 0) is 0 Å². The molecule has 0 fully saturated rings. The third kappa shape index (κ3) is 1.64. The van der Waals surface area contributed by atoms with E-state index < -0.39 is 11.3 Å². The first-order valence-corrected chi connectivity index (χ1v) is 5.40. The number of hydrogen-bond acceptors (Lipinski definition) is 4. The molecule has 1 amide bonds. The van der Waals surface area contributed by atoms with Gasteiger partial charge in [-0.05, 0) is 40.8 Å². The van der Waals surface area contributed by atoms with Gasteiger partial charge in [-0.25, -0.2) is 0 Å². The van der Waals surface area contributed by atoms with Gasteiger partial charge in [0.1, 0.15) is 11.1 Å². The molecule has 5 nitrogen and oxygen atoms in total. The Labute approximate surface area is 104 Å². The van der Waals surface area contributed by atoms with Gasteiger partial charge in [-0.2, -0.15) is 0 Å². The topological polar surface area (TPSA) is 99.3 Å². The maximum atomic E-state index is 11.9. The molecule has 1 aromatic carbocycles. The maximum Gasteiger partial charge on any atom is 0.258 e. The highest BCUT2D eigenvalue weighted by molar-refractivity contribution is 14.1. The number of anilines is 1. The summed E-state index contributed by atoms with van der Waals surface area (Å²) >= 11 is 2.05. The summed E-state index contributed by atoms with van der Waals surface area (Å²) in [6, 6.07) is 5.02. The summed E-state index contributed by atoms with van der Waals surface area (Å²) in [7, 11) is 0. The number of hydrogen-bond donors (Lipinski definition) is 2. The fourth-order valence-electron chi connectivity index (χ4n) is 1.42. The predicted octanol–water partition coefficient (Wildman–Crippen LogP) is 1.08. The van der Waals surface area contributed by atoms with Crippen molar-refractivity contribution < 1.29 is 9.21 Å². The van der Waals surface area contributed by atoms with E-state index in [-0.39, 0.29) is 11.4 Å². The summed E-state index contributed by atoms with van der Waals surface area (Å²) in [6.07, 6.45) is 0. The smallest absolute Gasteiger partial charge is 0.258 e. The Balaban J connectivity index is 2.96. The van der Waals surface area contributed by atoms with Crippen molar-refractivity contribution in [3.63, 3.8) is 0 Å². The number of primary amides is 1. The van der Waals surface area contributed by atoms with E-state index in [1.165, 1.54) is 0 Å². The highest BCUT2D eigenvalue weighted by Crippen LogP contribution is 2.19. The molecule has 6 heteroatoms. The second kappa shape index (κ2) is 3.78. The van der Waals surface area contributed by atoms with E-state index in [0.29, 0.717) is 11.0 Å². The average molecular weight is 330 g/mol. The lowest BCUT2D eigenvalue weighted by molar-refractivity contribution is 0.0999. The fraction of sp³-hybridized carbons (Fsp3) is 0. The average Bonchev–Trinajstić information content (AvgIpc) is 2.19. The molecule has 1 heterocycles. The van der Waals surface area contributed by atoms with E-state index >= 15 is 0 Å². The minimum Gasteiger partial charge on any atom is -0.440 e. The fourth-order valence-corrected chi connectivity index (χ4v) is 1.91. The number of carbonyl (C=O) groups is 1. The third-order valence-corrected chi connectivity index (χ3v) is 2.80. The van der Waals surface area contributed by atoms with Gasteiger partial charge in [-0.3, -0.25) is 9.59 Å². The van der Waals surface area contributed by atoms with Crippen molar-refractivity contribution in [1.82, 2.24) is 0 Å². The first-order valence-electron chi connectivity index (χ1n) is 4.32. The predicted molar refractivity (Wildman–Crippen MR) is 68.1 cm³/mol. The number of halogens is 1. The van der Waals surface area contributed by atoms with Crippen molar-refractivity contribution in [1.29, 1.82) is 0 Å². The van der Waals surface area contributed by atoms with Crippen molar-refractivity contribution in [3.8, 4) is 0 Å². The van der Waals surface area contributed by atoms with Crippen LogP contribution in [0.3, 0.4) is 0 Å². The van der Waals surface area contributed by atoms with Crippen molar-refractivity contribution in [2.45, 2.75) is 0 Å². The van der Waals surface area contributed by atoms with E-state index in [1.807, 2.05) is 0 Å². The Kier molecular flexibility index (Phi) is 2.58. The number of rotatable bonds is 1. The molecule has 16 heavy (non-hydrogen) atoms. The molecule has 4 N–H and O–H groups in total. The van der Waals surface area contributed by atoms with Crippen molar-refractivity contribution in [2.75, 3.05) is 5.73 Å². The van der Waals surface area contributed by atoms with Gasteiger partial charge in [0.15, 0.2) is 0 Å². The number of nitrogen functional groups attached to an aromatic ring is 1. The number of carbonyl (C=O) groups excluding carboxylic acids is 1. The number of amides is 1. The van der Waals surface area contributed by atoms with Gasteiger partial charge >= 0.3 is 0 Å². The van der Waals surface area contributed by atoms with Gasteiger partial charge in [0.25, 0.3) is 5.91 Å². The highest BCUT2D eigenvalue weighted by atomic mass is 127. The summed E-state index contributed by atoms with van der Waals surface area (Å²) in [4.78, 5) is 23.0. The Bertz CT molecular complexity index is 648. The summed E-state index contributed by atoms with van der Waals surface area (Å²) in [5.41, 5.74) is 10.1. The van der Waals surface area contributed by atoms with Crippen LogP contribution in [0.2, 0.25) is 0 Å². The van der Waals surface area contributed by atoms with E-state index in [2.05, 4.69) is 22.6 Å². The van der Waals surface area contributed by atoms with E-state index in [0.717, 1.165) is 3.57 Å². The Hall–Kier alpha value is -1.57. The molecule has 0 bridgehead atoms. The van der Waals surface area contributed by atoms with Crippen LogP contribution in [0, 0.1) is 3.57 Å². The van der Waals surface area contributed by atoms with Crippen molar-refractivity contribution >= 4 is 45.4 Å². The Morgan fingerprint density at radius 2 is 2.06 bits per heavy atom. The summed E-state index contributed by atoms with van der Waals surface area (Å²) in [5, 5.41) is 0.301. The minimum absolute atomic E-state index is 0.244. The van der Waals surface area contributed by atoms with Crippen molar-refractivity contribution in [3.05, 3.63) is 37.6 Å². The van der Waals surface area contributed by atoms with Gasteiger partial charge in [0.2, 0.25) is 11.3 Å². The second-order valence-corrected chi connectivity index (χ2v) is 4.42. The lowest BCUT2D eigenvalue weighted by Crippen LogP contribution is -2.23. The molecule has 0 saturated carbocycles. The summed E-state index contributed by atoms with van der Waals surface area (Å²) < 4.78 is 6.02. The molecule has 82 valence electrons. The maximum absolute atomic E-state index is 11.9. The number of nitrogens with two attached hydrogens (primary N) is 2. The summed E-state index contributed by atoms with van der Waals surface area (Å²) in [5.74, 6) is -1.13. The molecule has 0 spiro atoms. The normalized spacial score (nSPS) is 10.6. The molecule has 1 aromatic heterocycles. The van der Waals surface area contributed by atoms with Gasteiger partial charge in [0, 0.05) is 3.57 Å². The van der Waals surface area contributed by atoms with Crippen LogP contribution in [0.4, 0.5) is 5.88 Å². The van der Waals surface area contributed by atoms with E-state index in [1.54, 1.807) is 18.2 Å². The molecular weight excluding hydrogens is 323 g/mol. The Morgan fingerprint density at radius 3 is 2.69 bits per heavy atom. The molecule has 0 aliphatic heterocycles. The molecular formula is C10H7IN2O3. The number of fused-ring (bicyclic) bond motifs is 1. The molecule has 2 rings (SSSR count). The molecule has 0 unspecified atom stereocenters. The molecule has 0 saturated heterocycles. The van der Waals surface area contributed by atoms with E-state index in [9.17, 15) is 9.59 Å². The van der Waals surface area contributed by atoms with Gasteiger partial charge < -0.3 is 15.9 Å². The Morgan fingerprint density at radius 1 is 1.38 bits per heavy atom. The second-order valence-electron chi connectivity index (χ2n) is 3.18. The molecule has 0 aliphatic carbocycles. The lowest BCUT2D eigenvalue weighted by Gasteiger charge is -2.03. The minimum atomic E-state index is -0.882. The van der Waals surface area contributed by atoms with Gasteiger partial charge in [-0.1, -0.05) is 0 Å². The molecule has 2 aromatic rings. The highest BCUT2D eigenvalue weighted by Gasteiger charge is 2.16. The van der Waals surface area contributed by atoms with Crippen LogP contribution in [0.1, 0.15) is 10.4 Å². The zero-order valence-corrected chi connectivity index (χ0v) is 10.1. The largest absolute Gasteiger partial charge is 0.440 e. The van der Waals surface area contributed by atoms with Crippen LogP contribution < -0.4 is 16.9 Å². The molecule has 0 aliphatic rings.